The molecule has 14 heavy (non-hydrogen) atoms. The second-order valence-electron chi connectivity index (χ2n) is 3.20. The first kappa shape index (κ1) is 11.6. The molecule has 1 aromatic carbocycles. The molecular formula is C10H14BrFN2. The summed E-state index contributed by atoms with van der Waals surface area (Å²) in [6, 6.07) is 4.67. The lowest BCUT2D eigenvalue weighted by atomic mass is 10.0. The van der Waals surface area contributed by atoms with Crippen molar-refractivity contribution < 1.29 is 4.39 Å². The minimum absolute atomic E-state index is 0.258. The Morgan fingerprint density at radius 1 is 1.43 bits per heavy atom. The summed E-state index contributed by atoms with van der Waals surface area (Å²) >= 11 is 3.20. The first-order valence-corrected chi connectivity index (χ1v) is 5.35. The third-order valence-electron chi connectivity index (χ3n) is 2.08. The van der Waals surface area contributed by atoms with E-state index in [4.69, 9.17) is 11.5 Å². The topological polar surface area (TPSA) is 52.0 Å². The van der Waals surface area contributed by atoms with Crippen LogP contribution in [0.2, 0.25) is 0 Å². The molecule has 1 atom stereocenters. The van der Waals surface area contributed by atoms with Gasteiger partial charge < -0.3 is 11.5 Å². The zero-order chi connectivity index (χ0) is 10.6. The predicted molar refractivity (Wildman–Crippen MR) is 59.3 cm³/mol. The first-order valence-electron chi connectivity index (χ1n) is 4.55. The van der Waals surface area contributed by atoms with Crippen LogP contribution in [0.3, 0.4) is 0 Å². The van der Waals surface area contributed by atoms with Gasteiger partial charge >= 0.3 is 0 Å². The van der Waals surface area contributed by atoms with E-state index in [0.717, 1.165) is 17.3 Å². The van der Waals surface area contributed by atoms with Crippen molar-refractivity contribution in [3.63, 3.8) is 0 Å². The molecule has 0 saturated heterocycles. The summed E-state index contributed by atoms with van der Waals surface area (Å²) in [4.78, 5) is 0. The Bertz CT molecular complexity index is 304. The van der Waals surface area contributed by atoms with Gasteiger partial charge in [-0.1, -0.05) is 22.0 Å². The van der Waals surface area contributed by atoms with E-state index in [1.807, 2.05) is 0 Å². The van der Waals surface area contributed by atoms with Crippen LogP contribution >= 0.6 is 15.9 Å². The monoisotopic (exact) mass is 260 g/mol. The summed E-state index contributed by atoms with van der Waals surface area (Å²) in [5, 5.41) is 0. The highest BCUT2D eigenvalue weighted by atomic mass is 79.9. The molecule has 0 amide bonds. The molecule has 0 aromatic heterocycles. The molecule has 0 radical (unpaired) electrons. The van der Waals surface area contributed by atoms with Gasteiger partial charge in [0.1, 0.15) is 5.82 Å². The summed E-state index contributed by atoms with van der Waals surface area (Å²) in [7, 11) is 0. The minimum atomic E-state index is -0.260. The molecule has 4 heteroatoms. The molecule has 1 aromatic rings. The number of benzene rings is 1. The van der Waals surface area contributed by atoms with Crippen LogP contribution < -0.4 is 11.5 Å². The van der Waals surface area contributed by atoms with Crippen molar-refractivity contribution in [2.24, 2.45) is 11.5 Å². The molecule has 1 rings (SSSR count). The molecule has 0 aliphatic heterocycles. The lowest BCUT2D eigenvalue weighted by molar-refractivity contribution is 0.553. The molecule has 0 unspecified atom stereocenters. The molecule has 0 aliphatic carbocycles. The summed E-state index contributed by atoms with van der Waals surface area (Å²) in [5.41, 5.74) is 11.7. The first-order chi connectivity index (χ1) is 6.65. The highest BCUT2D eigenvalue weighted by molar-refractivity contribution is 9.10. The molecule has 0 spiro atoms. The normalized spacial score (nSPS) is 12.9. The van der Waals surface area contributed by atoms with Crippen LogP contribution in [0.25, 0.3) is 0 Å². The van der Waals surface area contributed by atoms with E-state index < -0.39 is 0 Å². The Morgan fingerprint density at radius 2 is 2.14 bits per heavy atom. The van der Waals surface area contributed by atoms with Crippen molar-refractivity contribution in [2.45, 2.75) is 18.9 Å². The fraction of sp³-hybridized carbons (Fsp3) is 0.400. The second kappa shape index (κ2) is 5.44. The van der Waals surface area contributed by atoms with E-state index in [2.05, 4.69) is 15.9 Å². The number of nitrogens with two attached hydrogens (primary N) is 2. The predicted octanol–water partition coefficient (Wildman–Crippen LogP) is 2.33. The average Bonchev–Trinajstić information content (AvgIpc) is 2.14. The Hall–Kier alpha value is -0.450. The standard InChI is InChI=1S/C10H14BrFN2/c11-7-3-4-8(9(12)6-7)10(14)2-1-5-13/h3-4,6,10H,1-2,5,13-14H2/t10-/m0/s1. The third kappa shape index (κ3) is 3.04. The van der Waals surface area contributed by atoms with Crippen LogP contribution in [0, 0.1) is 5.82 Å². The van der Waals surface area contributed by atoms with Crippen molar-refractivity contribution in [1.82, 2.24) is 0 Å². The lowest BCUT2D eigenvalue weighted by Gasteiger charge is -2.12. The van der Waals surface area contributed by atoms with Gasteiger partial charge in [0, 0.05) is 16.1 Å². The number of hydrogen-bond acceptors (Lipinski definition) is 2. The molecular weight excluding hydrogens is 247 g/mol. The van der Waals surface area contributed by atoms with Gasteiger partial charge in [0.15, 0.2) is 0 Å². The molecule has 0 heterocycles. The maximum absolute atomic E-state index is 13.4. The van der Waals surface area contributed by atoms with Crippen LogP contribution in [0.5, 0.6) is 0 Å². The largest absolute Gasteiger partial charge is 0.330 e. The fourth-order valence-corrected chi connectivity index (χ4v) is 1.63. The van der Waals surface area contributed by atoms with Gasteiger partial charge in [0.05, 0.1) is 0 Å². The maximum atomic E-state index is 13.4. The average molecular weight is 261 g/mol. The van der Waals surface area contributed by atoms with Gasteiger partial charge in [-0.2, -0.15) is 0 Å². The summed E-state index contributed by atoms with van der Waals surface area (Å²) in [6.45, 7) is 0.589. The summed E-state index contributed by atoms with van der Waals surface area (Å²) in [6.07, 6.45) is 1.53. The molecule has 0 fully saturated rings. The lowest BCUT2D eigenvalue weighted by Crippen LogP contribution is -2.14. The Kier molecular flexibility index (Phi) is 4.51. The molecule has 0 bridgehead atoms. The Morgan fingerprint density at radius 3 is 2.71 bits per heavy atom. The third-order valence-corrected chi connectivity index (χ3v) is 2.57. The number of hydrogen-bond donors (Lipinski definition) is 2. The van der Waals surface area contributed by atoms with Crippen molar-refractivity contribution >= 4 is 15.9 Å². The van der Waals surface area contributed by atoms with Gasteiger partial charge in [-0.05, 0) is 31.5 Å². The molecule has 0 aliphatic rings. The molecule has 4 N–H and O–H groups in total. The number of halogens is 2. The zero-order valence-electron chi connectivity index (χ0n) is 7.84. The highest BCUT2D eigenvalue weighted by Crippen LogP contribution is 2.22. The van der Waals surface area contributed by atoms with E-state index in [1.165, 1.54) is 6.07 Å². The van der Waals surface area contributed by atoms with Crippen molar-refractivity contribution in [3.8, 4) is 0 Å². The van der Waals surface area contributed by atoms with E-state index in [-0.39, 0.29) is 11.9 Å². The summed E-state index contributed by atoms with van der Waals surface area (Å²) < 4.78 is 14.1. The van der Waals surface area contributed by atoms with E-state index in [9.17, 15) is 4.39 Å². The van der Waals surface area contributed by atoms with Gasteiger partial charge in [-0.3, -0.25) is 0 Å². The molecule has 78 valence electrons. The van der Waals surface area contributed by atoms with Crippen molar-refractivity contribution in [3.05, 3.63) is 34.1 Å². The van der Waals surface area contributed by atoms with Gasteiger partial charge in [-0.15, -0.1) is 0 Å². The number of rotatable bonds is 4. The molecule has 0 saturated carbocycles. The second-order valence-corrected chi connectivity index (χ2v) is 4.12. The highest BCUT2D eigenvalue weighted by Gasteiger charge is 2.10. The van der Waals surface area contributed by atoms with Gasteiger partial charge in [0.2, 0.25) is 0 Å². The van der Waals surface area contributed by atoms with E-state index in [0.29, 0.717) is 12.1 Å². The Labute approximate surface area is 91.6 Å². The van der Waals surface area contributed by atoms with Gasteiger partial charge in [-0.25, -0.2) is 4.39 Å². The summed E-state index contributed by atoms with van der Waals surface area (Å²) in [5.74, 6) is -0.260. The van der Waals surface area contributed by atoms with E-state index in [1.54, 1.807) is 12.1 Å². The van der Waals surface area contributed by atoms with Crippen LogP contribution in [0.4, 0.5) is 4.39 Å². The van der Waals surface area contributed by atoms with Crippen LogP contribution in [0.1, 0.15) is 24.4 Å². The van der Waals surface area contributed by atoms with Crippen LogP contribution in [-0.4, -0.2) is 6.54 Å². The minimum Gasteiger partial charge on any atom is -0.330 e. The van der Waals surface area contributed by atoms with Crippen LogP contribution in [0.15, 0.2) is 22.7 Å². The van der Waals surface area contributed by atoms with Crippen LogP contribution in [-0.2, 0) is 0 Å². The quantitative estimate of drug-likeness (QED) is 0.873. The SMILES string of the molecule is NCCC[C@H](N)c1ccc(Br)cc1F. The van der Waals surface area contributed by atoms with Crippen molar-refractivity contribution in [1.29, 1.82) is 0 Å². The smallest absolute Gasteiger partial charge is 0.129 e. The fourth-order valence-electron chi connectivity index (χ4n) is 1.30. The Balaban J connectivity index is 2.74. The maximum Gasteiger partial charge on any atom is 0.129 e. The van der Waals surface area contributed by atoms with Gasteiger partial charge in [0.25, 0.3) is 0 Å². The molecule has 2 nitrogen and oxygen atoms in total. The van der Waals surface area contributed by atoms with Crippen molar-refractivity contribution in [2.75, 3.05) is 6.54 Å². The van der Waals surface area contributed by atoms with E-state index >= 15 is 0 Å². The zero-order valence-corrected chi connectivity index (χ0v) is 9.43.